The Hall–Kier alpha value is -1.32. The van der Waals surface area contributed by atoms with Crippen molar-refractivity contribution in [1.29, 1.82) is 0 Å². The molecule has 19 heavy (non-hydrogen) atoms. The van der Waals surface area contributed by atoms with E-state index in [4.69, 9.17) is 0 Å². The molecule has 2 aromatic rings. The zero-order valence-electron chi connectivity index (χ0n) is 11.2. The molecular weight excluding hydrogens is 302 g/mol. The molecule has 2 nitrogen and oxygen atoms in total. The van der Waals surface area contributed by atoms with Gasteiger partial charge in [0.1, 0.15) is 0 Å². The van der Waals surface area contributed by atoms with Gasteiger partial charge in [-0.1, -0.05) is 40.2 Å². The first-order valence-corrected chi connectivity index (χ1v) is 7.05. The van der Waals surface area contributed by atoms with E-state index >= 15 is 0 Å². The summed E-state index contributed by atoms with van der Waals surface area (Å²) in [5, 5.41) is 13.2. The van der Waals surface area contributed by atoms with Crippen LogP contribution in [0.5, 0.6) is 0 Å². The van der Waals surface area contributed by atoms with E-state index in [-0.39, 0.29) is 6.61 Å². The van der Waals surface area contributed by atoms with Crippen LogP contribution < -0.4 is 5.32 Å². The molecule has 100 valence electrons. The van der Waals surface area contributed by atoms with Crippen molar-refractivity contribution < 1.29 is 5.11 Å². The first kappa shape index (κ1) is 14.1. The number of anilines is 1. The summed E-state index contributed by atoms with van der Waals surface area (Å²) < 4.78 is 1.04. The Morgan fingerprint density at radius 3 is 2.32 bits per heavy atom. The van der Waals surface area contributed by atoms with E-state index in [2.05, 4.69) is 40.3 Å². The maximum absolute atomic E-state index is 9.81. The van der Waals surface area contributed by atoms with Crippen LogP contribution in [0.25, 0.3) is 0 Å². The van der Waals surface area contributed by atoms with Gasteiger partial charge in [0.05, 0.1) is 12.1 Å². The molecule has 3 heteroatoms. The summed E-state index contributed by atoms with van der Waals surface area (Å²) in [6.45, 7) is 4.11. The molecule has 0 amide bonds. The summed E-state index contributed by atoms with van der Waals surface area (Å²) in [7, 11) is 0. The van der Waals surface area contributed by atoms with E-state index in [0.717, 1.165) is 15.7 Å². The van der Waals surface area contributed by atoms with Crippen LogP contribution in [-0.2, 0) is 5.54 Å². The van der Waals surface area contributed by atoms with Crippen molar-refractivity contribution in [3.63, 3.8) is 0 Å². The summed E-state index contributed by atoms with van der Waals surface area (Å²) in [5.41, 5.74) is 2.78. The van der Waals surface area contributed by atoms with Gasteiger partial charge in [0, 0.05) is 10.2 Å². The van der Waals surface area contributed by atoms with Crippen molar-refractivity contribution in [3.8, 4) is 0 Å². The zero-order chi connectivity index (χ0) is 13.9. The monoisotopic (exact) mass is 319 g/mol. The summed E-state index contributed by atoms with van der Waals surface area (Å²) in [5.74, 6) is 0. The Kier molecular flexibility index (Phi) is 4.27. The summed E-state index contributed by atoms with van der Waals surface area (Å²) in [4.78, 5) is 0. The summed E-state index contributed by atoms with van der Waals surface area (Å²) in [6, 6.07) is 16.1. The number of rotatable bonds is 4. The standard InChI is InChI=1S/C16H18BrNO/c1-12-5-3-4-6-15(12)16(2,11-19)18-14-9-7-13(17)8-10-14/h3-10,18-19H,11H2,1-2H3. The number of hydrogen-bond donors (Lipinski definition) is 2. The van der Waals surface area contributed by atoms with E-state index in [1.807, 2.05) is 43.3 Å². The maximum atomic E-state index is 9.81. The van der Waals surface area contributed by atoms with E-state index in [1.165, 1.54) is 5.56 Å². The number of nitrogens with one attached hydrogen (secondary N) is 1. The fourth-order valence-corrected chi connectivity index (χ4v) is 2.50. The topological polar surface area (TPSA) is 32.3 Å². The van der Waals surface area contributed by atoms with E-state index < -0.39 is 5.54 Å². The average Bonchev–Trinajstić information content (AvgIpc) is 2.42. The molecule has 0 bridgehead atoms. The zero-order valence-corrected chi connectivity index (χ0v) is 12.7. The lowest BCUT2D eigenvalue weighted by Crippen LogP contribution is -2.36. The third kappa shape index (κ3) is 3.17. The third-order valence-electron chi connectivity index (χ3n) is 3.32. The summed E-state index contributed by atoms with van der Waals surface area (Å²) in [6.07, 6.45) is 0. The van der Waals surface area contributed by atoms with Gasteiger partial charge in [-0.05, 0) is 49.2 Å². The van der Waals surface area contributed by atoms with Crippen LogP contribution in [0.4, 0.5) is 5.69 Å². The minimum atomic E-state index is -0.487. The number of hydrogen-bond acceptors (Lipinski definition) is 2. The number of halogens is 1. The Bertz CT molecular complexity index is 553. The van der Waals surface area contributed by atoms with E-state index in [0.29, 0.717) is 0 Å². The van der Waals surface area contributed by atoms with Crippen LogP contribution in [0.2, 0.25) is 0 Å². The molecule has 0 heterocycles. The predicted molar refractivity (Wildman–Crippen MR) is 83.4 cm³/mol. The van der Waals surface area contributed by atoms with E-state index in [9.17, 15) is 5.11 Å². The van der Waals surface area contributed by atoms with Crippen molar-refractivity contribution in [2.45, 2.75) is 19.4 Å². The SMILES string of the molecule is Cc1ccccc1C(C)(CO)Nc1ccc(Br)cc1. The van der Waals surface area contributed by atoms with Crippen molar-refractivity contribution in [3.05, 3.63) is 64.1 Å². The smallest absolute Gasteiger partial charge is 0.0830 e. The average molecular weight is 320 g/mol. The number of aliphatic hydroxyl groups excluding tert-OH is 1. The van der Waals surface area contributed by atoms with Gasteiger partial charge in [-0.25, -0.2) is 0 Å². The molecule has 0 fully saturated rings. The number of aliphatic hydroxyl groups is 1. The number of aryl methyl sites for hydroxylation is 1. The highest BCUT2D eigenvalue weighted by atomic mass is 79.9. The first-order valence-electron chi connectivity index (χ1n) is 6.26. The minimum Gasteiger partial charge on any atom is -0.394 e. The molecular formula is C16H18BrNO. The van der Waals surface area contributed by atoms with Crippen LogP contribution in [-0.4, -0.2) is 11.7 Å². The molecule has 0 aliphatic heterocycles. The largest absolute Gasteiger partial charge is 0.394 e. The molecule has 0 saturated heterocycles. The first-order chi connectivity index (χ1) is 9.05. The fourth-order valence-electron chi connectivity index (χ4n) is 2.24. The lowest BCUT2D eigenvalue weighted by Gasteiger charge is -2.32. The summed E-state index contributed by atoms with van der Waals surface area (Å²) >= 11 is 3.42. The molecule has 1 unspecified atom stereocenters. The highest BCUT2D eigenvalue weighted by molar-refractivity contribution is 9.10. The molecule has 0 saturated carbocycles. The fraction of sp³-hybridized carbons (Fsp3) is 0.250. The second-order valence-corrected chi connectivity index (χ2v) is 5.85. The molecule has 2 aromatic carbocycles. The van der Waals surface area contributed by atoms with Crippen LogP contribution in [0.15, 0.2) is 53.0 Å². The van der Waals surface area contributed by atoms with Gasteiger partial charge in [-0.15, -0.1) is 0 Å². The highest BCUT2D eigenvalue weighted by Gasteiger charge is 2.26. The van der Waals surface area contributed by atoms with Gasteiger partial charge in [0.2, 0.25) is 0 Å². The second kappa shape index (κ2) is 5.76. The normalized spacial score (nSPS) is 13.9. The molecule has 0 aromatic heterocycles. The Balaban J connectivity index is 2.33. The lowest BCUT2D eigenvalue weighted by molar-refractivity contribution is 0.223. The highest BCUT2D eigenvalue weighted by Crippen LogP contribution is 2.28. The third-order valence-corrected chi connectivity index (χ3v) is 3.85. The predicted octanol–water partition coefficient (Wildman–Crippen LogP) is 4.08. The van der Waals surface area contributed by atoms with Gasteiger partial charge < -0.3 is 10.4 Å². The molecule has 1 atom stereocenters. The van der Waals surface area contributed by atoms with Crippen LogP contribution in [0, 0.1) is 6.92 Å². The van der Waals surface area contributed by atoms with Gasteiger partial charge in [-0.2, -0.15) is 0 Å². The number of benzene rings is 2. The Morgan fingerprint density at radius 1 is 1.11 bits per heavy atom. The van der Waals surface area contributed by atoms with Crippen LogP contribution >= 0.6 is 15.9 Å². The maximum Gasteiger partial charge on any atom is 0.0830 e. The molecule has 0 radical (unpaired) electrons. The van der Waals surface area contributed by atoms with Crippen molar-refractivity contribution in [2.75, 3.05) is 11.9 Å². The van der Waals surface area contributed by atoms with Gasteiger partial charge >= 0.3 is 0 Å². The molecule has 2 rings (SSSR count). The minimum absolute atomic E-state index is 0.0356. The van der Waals surface area contributed by atoms with Gasteiger partial charge in [0.25, 0.3) is 0 Å². The lowest BCUT2D eigenvalue weighted by atomic mass is 9.89. The second-order valence-electron chi connectivity index (χ2n) is 4.94. The molecule has 0 spiro atoms. The Morgan fingerprint density at radius 2 is 1.74 bits per heavy atom. The molecule has 0 aliphatic carbocycles. The van der Waals surface area contributed by atoms with Gasteiger partial charge in [0.15, 0.2) is 0 Å². The van der Waals surface area contributed by atoms with Crippen LogP contribution in [0.3, 0.4) is 0 Å². The van der Waals surface area contributed by atoms with Crippen molar-refractivity contribution in [1.82, 2.24) is 0 Å². The quantitative estimate of drug-likeness (QED) is 0.890. The van der Waals surface area contributed by atoms with Crippen molar-refractivity contribution >= 4 is 21.6 Å². The van der Waals surface area contributed by atoms with Gasteiger partial charge in [-0.3, -0.25) is 0 Å². The van der Waals surface area contributed by atoms with E-state index in [1.54, 1.807) is 0 Å². The molecule has 2 N–H and O–H groups in total. The van der Waals surface area contributed by atoms with Crippen molar-refractivity contribution in [2.24, 2.45) is 0 Å². The van der Waals surface area contributed by atoms with Crippen LogP contribution in [0.1, 0.15) is 18.1 Å². The Labute approximate surface area is 122 Å². The molecule has 0 aliphatic rings.